The number of amides is 1. The number of furan rings is 1. The molecule has 2 aromatic heterocycles. The van der Waals surface area contributed by atoms with Gasteiger partial charge in [0.15, 0.2) is 5.82 Å². The highest BCUT2D eigenvalue weighted by Crippen LogP contribution is 2.44. The zero-order valence-electron chi connectivity index (χ0n) is 14.2. The van der Waals surface area contributed by atoms with Crippen molar-refractivity contribution in [2.75, 3.05) is 5.06 Å². The lowest BCUT2D eigenvalue weighted by atomic mass is 10.1. The number of fused-ring (bicyclic) bond motifs is 1. The van der Waals surface area contributed by atoms with E-state index in [1.165, 1.54) is 6.33 Å². The molecule has 0 spiro atoms. The Balaban J connectivity index is 2.13. The molecule has 2 aromatic rings. The summed E-state index contributed by atoms with van der Waals surface area (Å²) in [5, 5.41) is 14.8. The van der Waals surface area contributed by atoms with Crippen LogP contribution in [0.25, 0.3) is 11.1 Å². The van der Waals surface area contributed by atoms with E-state index in [0.29, 0.717) is 11.1 Å². The van der Waals surface area contributed by atoms with E-state index in [-0.39, 0.29) is 28.5 Å². The van der Waals surface area contributed by atoms with Gasteiger partial charge in [0.2, 0.25) is 5.71 Å². The smallest absolute Gasteiger partial charge is 0.256 e. The Hall–Kier alpha value is -2.59. The van der Waals surface area contributed by atoms with Gasteiger partial charge in [-0.1, -0.05) is 5.92 Å². The molecule has 1 amide bonds. The number of nitrogens with zero attached hydrogens (tertiary/aromatic N) is 3. The average Bonchev–Trinajstić information content (AvgIpc) is 3.17. The second-order valence-corrected chi connectivity index (χ2v) is 6.94. The van der Waals surface area contributed by atoms with Crippen molar-refractivity contribution in [1.29, 1.82) is 0 Å². The summed E-state index contributed by atoms with van der Waals surface area (Å²) in [6.45, 7) is 7.05. The number of aromatic nitrogens is 2. The summed E-state index contributed by atoms with van der Waals surface area (Å²) in [5.41, 5.74) is -0.653. The standard InChI is InChI=1S/C17H20N4O3/c1-6-16(3,4)20-14(22)11-10(2)24-15-12(11)13(18-9-19-15)21(23)17(5)7-8-17/h1,9,23H,7-8H2,2-5H3,(H,20,22). The van der Waals surface area contributed by atoms with Crippen molar-refractivity contribution < 1.29 is 14.4 Å². The summed E-state index contributed by atoms with van der Waals surface area (Å²) in [6.07, 6.45) is 8.44. The van der Waals surface area contributed by atoms with Crippen molar-refractivity contribution in [3.8, 4) is 12.3 Å². The van der Waals surface area contributed by atoms with Crippen LogP contribution < -0.4 is 10.4 Å². The highest BCUT2D eigenvalue weighted by atomic mass is 16.5. The fraction of sp³-hybridized carbons (Fsp3) is 0.471. The van der Waals surface area contributed by atoms with Gasteiger partial charge in [0.1, 0.15) is 12.1 Å². The summed E-state index contributed by atoms with van der Waals surface area (Å²) in [7, 11) is 0. The van der Waals surface area contributed by atoms with E-state index in [1.807, 2.05) is 6.92 Å². The van der Waals surface area contributed by atoms with Gasteiger partial charge >= 0.3 is 0 Å². The predicted molar refractivity (Wildman–Crippen MR) is 88.8 cm³/mol. The van der Waals surface area contributed by atoms with Crippen LogP contribution in [0.5, 0.6) is 0 Å². The van der Waals surface area contributed by atoms with Gasteiger partial charge in [-0.05, 0) is 40.5 Å². The quantitative estimate of drug-likeness (QED) is 0.661. The Kier molecular flexibility index (Phi) is 3.53. The fourth-order valence-electron chi connectivity index (χ4n) is 2.49. The number of rotatable bonds is 4. The molecule has 0 saturated heterocycles. The Labute approximate surface area is 140 Å². The molecular weight excluding hydrogens is 308 g/mol. The van der Waals surface area contributed by atoms with Gasteiger partial charge in [-0.2, -0.15) is 0 Å². The van der Waals surface area contributed by atoms with Gasteiger partial charge in [0.05, 0.1) is 22.0 Å². The maximum Gasteiger partial charge on any atom is 0.256 e. The average molecular weight is 328 g/mol. The number of hydroxylamine groups is 1. The second-order valence-electron chi connectivity index (χ2n) is 6.94. The molecule has 7 nitrogen and oxygen atoms in total. The zero-order chi connectivity index (χ0) is 17.7. The SMILES string of the molecule is C#CC(C)(C)NC(=O)c1c(C)oc2ncnc(N(O)C3(C)CC3)c12. The molecule has 24 heavy (non-hydrogen) atoms. The van der Waals surface area contributed by atoms with Crippen LogP contribution in [0.15, 0.2) is 10.7 Å². The molecule has 7 heteroatoms. The second kappa shape index (κ2) is 5.21. The van der Waals surface area contributed by atoms with Crippen LogP contribution >= 0.6 is 0 Å². The summed E-state index contributed by atoms with van der Waals surface area (Å²) < 4.78 is 5.59. The predicted octanol–water partition coefficient (Wildman–Crippen LogP) is 2.42. The Bertz CT molecular complexity index is 859. The molecule has 1 saturated carbocycles. The molecule has 126 valence electrons. The summed E-state index contributed by atoms with van der Waals surface area (Å²) in [6, 6.07) is 0. The molecule has 1 aliphatic carbocycles. The molecule has 0 radical (unpaired) electrons. The van der Waals surface area contributed by atoms with E-state index in [2.05, 4.69) is 21.2 Å². The number of terminal acetylenes is 1. The summed E-state index contributed by atoms with van der Waals surface area (Å²) in [4.78, 5) is 21.0. The first-order valence-electron chi connectivity index (χ1n) is 7.72. The number of nitrogens with one attached hydrogen (secondary N) is 1. The third kappa shape index (κ3) is 2.59. The maximum atomic E-state index is 12.7. The molecule has 3 rings (SSSR count). The number of carbonyl (C=O) groups is 1. The minimum absolute atomic E-state index is 0.254. The molecule has 0 atom stereocenters. The Morgan fingerprint density at radius 3 is 2.75 bits per heavy atom. The van der Waals surface area contributed by atoms with Crippen molar-refractivity contribution in [2.45, 2.75) is 51.6 Å². The first-order valence-corrected chi connectivity index (χ1v) is 7.72. The van der Waals surface area contributed by atoms with E-state index in [4.69, 9.17) is 10.8 Å². The fourth-order valence-corrected chi connectivity index (χ4v) is 2.49. The van der Waals surface area contributed by atoms with Crippen molar-refractivity contribution in [3.05, 3.63) is 17.7 Å². The van der Waals surface area contributed by atoms with Crippen LogP contribution in [-0.4, -0.2) is 32.2 Å². The highest BCUT2D eigenvalue weighted by molar-refractivity contribution is 6.10. The summed E-state index contributed by atoms with van der Waals surface area (Å²) >= 11 is 0. The molecular formula is C17H20N4O3. The molecule has 1 aliphatic rings. The van der Waals surface area contributed by atoms with Gasteiger partial charge in [0.25, 0.3) is 5.91 Å². The number of hydrogen-bond acceptors (Lipinski definition) is 6. The number of anilines is 1. The zero-order valence-corrected chi connectivity index (χ0v) is 14.2. The Morgan fingerprint density at radius 2 is 2.17 bits per heavy atom. The van der Waals surface area contributed by atoms with Crippen LogP contribution in [0.3, 0.4) is 0 Å². The summed E-state index contributed by atoms with van der Waals surface area (Å²) in [5.74, 6) is 2.79. The van der Waals surface area contributed by atoms with Crippen molar-refractivity contribution >= 4 is 22.8 Å². The molecule has 0 bridgehead atoms. The monoisotopic (exact) mass is 328 g/mol. The molecule has 2 heterocycles. The molecule has 0 unspecified atom stereocenters. The van der Waals surface area contributed by atoms with Crippen molar-refractivity contribution in [1.82, 2.24) is 15.3 Å². The first kappa shape index (κ1) is 16.3. The largest absolute Gasteiger partial charge is 0.442 e. The van der Waals surface area contributed by atoms with E-state index in [0.717, 1.165) is 17.9 Å². The van der Waals surface area contributed by atoms with Crippen molar-refractivity contribution in [2.24, 2.45) is 0 Å². The van der Waals surface area contributed by atoms with E-state index < -0.39 is 5.54 Å². The van der Waals surface area contributed by atoms with Crippen LogP contribution in [0, 0.1) is 19.3 Å². The van der Waals surface area contributed by atoms with E-state index in [1.54, 1.807) is 20.8 Å². The number of carbonyl (C=O) groups excluding carboxylic acids is 1. The Morgan fingerprint density at radius 1 is 1.50 bits per heavy atom. The third-order valence-corrected chi connectivity index (χ3v) is 4.34. The van der Waals surface area contributed by atoms with Crippen molar-refractivity contribution in [3.63, 3.8) is 0 Å². The van der Waals surface area contributed by atoms with Gasteiger partial charge in [-0.25, -0.2) is 15.0 Å². The number of aryl methyl sites for hydroxylation is 1. The lowest BCUT2D eigenvalue weighted by Gasteiger charge is -2.24. The molecule has 2 N–H and O–H groups in total. The van der Waals surface area contributed by atoms with Crippen LogP contribution in [0.1, 0.15) is 49.7 Å². The minimum atomic E-state index is -0.815. The van der Waals surface area contributed by atoms with Crippen LogP contribution in [0.4, 0.5) is 5.82 Å². The van der Waals surface area contributed by atoms with Crippen LogP contribution in [0.2, 0.25) is 0 Å². The number of hydrogen-bond donors (Lipinski definition) is 2. The first-order chi connectivity index (χ1) is 11.2. The topological polar surface area (TPSA) is 91.5 Å². The van der Waals surface area contributed by atoms with Gasteiger partial charge in [-0.3, -0.25) is 10.0 Å². The normalized spacial score (nSPS) is 15.8. The van der Waals surface area contributed by atoms with Gasteiger partial charge in [-0.15, -0.1) is 6.42 Å². The van der Waals surface area contributed by atoms with Gasteiger partial charge in [0, 0.05) is 0 Å². The molecule has 1 fully saturated rings. The third-order valence-electron chi connectivity index (χ3n) is 4.34. The van der Waals surface area contributed by atoms with Crippen LogP contribution in [-0.2, 0) is 0 Å². The lowest BCUT2D eigenvalue weighted by Crippen LogP contribution is -2.42. The maximum absolute atomic E-state index is 12.7. The van der Waals surface area contributed by atoms with E-state index >= 15 is 0 Å². The molecule has 0 aliphatic heterocycles. The highest BCUT2D eigenvalue weighted by Gasteiger charge is 2.45. The lowest BCUT2D eigenvalue weighted by molar-refractivity contribution is 0.0929. The van der Waals surface area contributed by atoms with Gasteiger partial charge < -0.3 is 9.73 Å². The molecule has 0 aromatic carbocycles. The van der Waals surface area contributed by atoms with E-state index in [9.17, 15) is 10.0 Å². The minimum Gasteiger partial charge on any atom is -0.442 e.